The van der Waals surface area contributed by atoms with Crippen LogP contribution in [0.15, 0.2) is 41.0 Å². The molecule has 6 nitrogen and oxygen atoms in total. The summed E-state index contributed by atoms with van der Waals surface area (Å²) in [6, 6.07) is 8.21. The number of furan rings is 1. The summed E-state index contributed by atoms with van der Waals surface area (Å²) in [5.41, 5.74) is 1.06. The topological polar surface area (TPSA) is 83.4 Å². The minimum Gasteiger partial charge on any atom is -0.459 e. The Kier molecular flexibility index (Phi) is 6.53. The van der Waals surface area contributed by atoms with E-state index in [1.807, 2.05) is 0 Å². The fourth-order valence-electron chi connectivity index (χ4n) is 3.32. The van der Waals surface area contributed by atoms with Crippen molar-refractivity contribution < 1.29 is 14.0 Å². The van der Waals surface area contributed by atoms with E-state index < -0.39 is 0 Å². The summed E-state index contributed by atoms with van der Waals surface area (Å²) in [7, 11) is 0. The van der Waals surface area contributed by atoms with Gasteiger partial charge in [-0.3, -0.25) is 9.59 Å². The predicted molar refractivity (Wildman–Crippen MR) is 106 cm³/mol. The second-order valence-corrected chi connectivity index (χ2v) is 7.37. The van der Waals surface area contributed by atoms with Crippen LogP contribution in [0.1, 0.15) is 36.7 Å². The smallest absolute Gasteiger partial charge is 0.291 e. The first-order valence-electron chi connectivity index (χ1n) is 9.18. The first-order chi connectivity index (χ1) is 13.0. The molecule has 2 unspecified atom stereocenters. The fraction of sp³-hybridized carbons (Fsp3) is 0.400. The molecule has 1 saturated heterocycles. The van der Waals surface area contributed by atoms with Crippen molar-refractivity contribution in [2.24, 2.45) is 11.8 Å². The minimum atomic E-state index is -0.381. The average Bonchev–Trinajstić information content (AvgIpc) is 3.19. The molecule has 2 aromatic rings. The second-order valence-electron chi connectivity index (χ2n) is 6.96. The van der Waals surface area contributed by atoms with Crippen LogP contribution in [-0.4, -0.2) is 24.9 Å². The van der Waals surface area contributed by atoms with Gasteiger partial charge in [-0.05, 0) is 68.1 Å². The highest BCUT2D eigenvalue weighted by molar-refractivity contribution is 6.34. The van der Waals surface area contributed by atoms with Crippen molar-refractivity contribution in [2.75, 3.05) is 23.7 Å². The van der Waals surface area contributed by atoms with Gasteiger partial charge in [-0.25, -0.2) is 0 Å². The van der Waals surface area contributed by atoms with Gasteiger partial charge in [-0.2, -0.15) is 0 Å². The Bertz CT molecular complexity index is 786. The molecule has 1 aromatic heterocycles. The van der Waals surface area contributed by atoms with Crippen molar-refractivity contribution in [1.29, 1.82) is 0 Å². The zero-order chi connectivity index (χ0) is 19.2. The third kappa shape index (κ3) is 5.34. The third-order valence-electron chi connectivity index (χ3n) is 4.89. The molecule has 0 bridgehead atoms. The minimum absolute atomic E-state index is 0.0310. The van der Waals surface area contributed by atoms with E-state index in [-0.39, 0.29) is 17.6 Å². The Morgan fingerprint density at radius 1 is 1.33 bits per heavy atom. The van der Waals surface area contributed by atoms with Gasteiger partial charge in [0.05, 0.1) is 17.0 Å². The van der Waals surface area contributed by atoms with E-state index in [4.69, 9.17) is 16.0 Å². The van der Waals surface area contributed by atoms with Crippen molar-refractivity contribution in [1.82, 2.24) is 5.32 Å². The summed E-state index contributed by atoms with van der Waals surface area (Å²) < 4.78 is 5.05. The van der Waals surface area contributed by atoms with Crippen molar-refractivity contribution >= 4 is 34.8 Å². The summed E-state index contributed by atoms with van der Waals surface area (Å²) >= 11 is 6.24. The van der Waals surface area contributed by atoms with Crippen molar-refractivity contribution in [3.05, 3.63) is 47.4 Å². The first-order valence-corrected chi connectivity index (χ1v) is 9.55. The SMILES string of the molecule is CC(CC(=O)Nc1ccc(NC(=O)c2ccco2)c(Cl)c1)C1CCCNC1. The number of carbonyl (C=O) groups is 2. The normalized spacial score (nSPS) is 17.9. The van der Waals surface area contributed by atoms with E-state index in [0.717, 1.165) is 25.9 Å². The van der Waals surface area contributed by atoms with Crippen LogP contribution in [0.4, 0.5) is 11.4 Å². The second kappa shape index (κ2) is 9.06. The van der Waals surface area contributed by atoms with E-state index in [2.05, 4.69) is 22.9 Å². The Hall–Kier alpha value is -2.31. The Morgan fingerprint density at radius 3 is 2.85 bits per heavy atom. The molecule has 1 aliphatic rings. The lowest BCUT2D eigenvalue weighted by Crippen LogP contribution is -2.34. The molecule has 3 N–H and O–H groups in total. The van der Waals surface area contributed by atoms with Gasteiger partial charge >= 0.3 is 0 Å². The Labute approximate surface area is 163 Å². The summed E-state index contributed by atoms with van der Waals surface area (Å²) in [6.45, 7) is 4.17. The molecule has 0 saturated carbocycles. The number of nitrogens with one attached hydrogen (secondary N) is 3. The van der Waals surface area contributed by atoms with E-state index in [9.17, 15) is 9.59 Å². The molecule has 1 fully saturated rings. The summed E-state index contributed by atoms with van der Waals surface area (Å²) in [5, 5.41) is 9.30. The zero-order valence-electron chi connectivity index (χ0n) is 15.3. The molecule has 2 heterocycles. The highest BCUT2D eigenvalue weighted by atomic mass is 35.5. The molecule has 7 heteroatoms. The van der Waals surface area contributed by atoms with Gasteiger partial charge in [0, 0.05) is 12.1 Å². The zero-order valence-corrected chi connectivity index (χ0v) is 16.0. The first kappa shape index (κ1) is 19.5. The lowest BCUT2D eigenvalue weighted by Gasteiger charge is -2.28. The van der Waals surface area contributed by atoms with Crippen LogP contribution in [0.2, 0.25) is 5.02 Å². The van der Waals surface area contributed by atoms with Crippen LogP contribution in [-0.2, 0) is 4.79 Å². The molecule has 0 radical (unpaired) electrons. The van der Waals surface area contributed by atoms with Crippen LogP contribution in [0.3, 0.4) is 0 Å². The van der Waals surface area contributed by atoms with Crippen LogP contribution in [0.25, 0.3) is 0 Å². The standard InChI is InChI=1S/C20H24ClN3O3/c1-13(14-4-2-8-22-12-14)10-19(25)23-15-6-7-17(16(21)11-15)24-20(26)18-5-3-9-27-18/h3,5-7,9,11,13-14,22H,2,4,8,10,12H2,1H3,(H,23,25)(H,24,26). The molecule has 3 rings (SSSR count). The van der Waals surface area contributed by atoms with Gasteiger partial charge in [-0.1, -0.05) is 18.5 Å². The molecule has 1 aromatic carbocycles. The summed E-state index contributed by atoms with van der Waals surface area (Å²) in [4.78, 5) is 24.4. The third-order valence-corrected chi connectivity index (χ3v) is 5.21. The average molecular weight is 390 g/mol. The maximum atomic E-state index is 12.3. The van der Waals surface area contributed by atoms with E-state index >= 15 is 0 Å². The highest BCUT2D eigenvalue weighted by Crippen LogP contribution is 2.27. The summed E-state index contributed by atoms with van der Waals surface area (Å²) in [5.74, 6) is 0.646. The van der Waals surface area contributed by atoms with Crippen LogP contribution >= 0.6 is 11.6 Å². The number of hydrogen-bond acceptors (Lipinski definition) is 4. The number of piperidine rings is 1. The van der Waals surface area contributed by atoms with Crippen molar-refractivity contribution in [3.63, 3.8) is 0 Å². The number of hydrogen-bond donors (Lipinski definition) is 3. The fourth-order valence-corrected chi connectivity index (χ4v) is 3.55. The molecule has 1 aliphatic heterocycles. The van der Waals surface area contributed by atoms with E-state index in [1.54, 1.807) is 30.3 Å². The summed E-state index contributed by atoms with van der Waals surface area (Å²) in [6.07, 6.45) is 4.23. The Balaban J connectivity index is 1.55. The number of rotatable bonds is 6. The van der Waals surface area contributed by atoms with Gasteiger partial charge in [0.15, 0.2) is 5.76 Å². The quantitative estimate of drug-likeness (QED) is 0.693. The maximum absolute atomic E-state index is 12.3. The van der Waals surface area contributed by atoms with Gasteiger partial charge in [-0.15, -0.1) is 0 Å². The van der Waals surface area contributed by atoms with Gasteiger partial charge in [0.2, 0.25) is 5.91 Å². The largest absolute Gasteiger partial charge is 0.459 e. The molecule has 0 aliphatic carbocycles. The maximum Gasteiger partial charge on any atom is 0.291 e. The molecule has 2 amide bonds. The number of carbonyl (C=O) groups excluding carboxylic acids is 2. The van der Waals surface area contributed by atoms with Gasteiger partial charge < -0.3 is 20.4 Å². The van der Waals surface area contributed by atoms with E-state index in [0.29, 0.717) is 34.7 Å². The molecular formula is C20H24ClN3O3. The lowest BCUT2D eigenvalue weighted by atomic mass is 9.85. The van der Waals surface area contributed by atoms with Gasteiger partial charge in [0.25, 0.3) is 5.91 Å². The number of amides is 2. The lowest BCUT2D eigenvalue weighted by molar-refractivity contribution is -0.117. The molecule has 144 valence electrons. The predicted octanol–water partition coefficient (Wildman–Crippen LogP) is 4.15. The highest BCUT2D eigenvalue weighted by Gasteiger charge is 2.22. The number of halogens is 1. The van der Waals surface area contributed by atoms with E-state index in [1.165, 1.54) is 6.26 Å². The van der Waals surface area contributed by atoms with Gasteiger partial charge in [0.1, 0.15) is 0 Å². The molecular weight excluding hydrogens is 366 g/mol. The Morgan fingerprint density at radius 2 is 2.19 bits per heavy atom. The van der Waals surface area contributed by atoms with Crippen LogP contribution in [0.5, 0.6) is 0 Å². The molecule has 2 atom stereocenters. The number of benzene rings is 1. The van der Waals surface area contributed by atoms with Crippen LogP contribution in [0, 0.1) is 11.8 Å². The van der Waals surface area contributed by atoms with Crippen molar-refractivity contribution in [3.8, 4) is 0 Å². The van der Waals surface area contributed by atoms with Crippen LogP contribution < -0.4 is 16.0 Å². The number of anilines is 2. The molecule has 27 heavy (non-hydrogen) atoms. The molecule has 0 spiro atoms. The monoisotopic (exact) mass is 389 g/mol. The van der Waals surface area contributed by atoms with Crippen molar-refractivity contribution in [2.45, 2.75) is 26.2 Å².